The monoisotopic (exact) mass is 250 g/mol. The number of hydrogen-bond donors (Lipinski definition) is 1. The first-order chi connectivity index (χ1) is 8.67. The SMILES string of the molecule is CCOC(=O)CC(=O)NN(C=O)c1ccccc1. The number of para-hydroxylation sites is 1. The molecule has 18 heavy (non-hydrogen) atoms. The van der Waals surface area contributed by atoms with Gasteiger partial charge < -0.3 is 4.74 Å². The van der Waals surface area contributed by atoms with Crippen LogP contribution in [0.4, 0.5) is 5.69 Å². The summed E-state index contributed by atoms with van der Waals surface area (Å²) in [5.74, 6) is -1.24. The Morgan fingerprint density at radius 3 is 2.56 bits per heavy atom. The number of amides is 2. The van der Waals surface area contributed by atoms with Gasteiger partial charge in [-0.2, -0.15) is 0 Å². The number of hydrogen-bond acceptors (Lipinski definition) is 4. The van der Waals surface area contributed by atoms with Crippen LogP contribution in [-0.2, 0) is 19.1 Å². The van der Waals surface area contributed by atoms with Crippen molar-refractivity contribution in [3.8, 4) is 0 Å². The van der Waals surface area contributed by atoms with Crippen molar-refractivity contribution in [3.63, 3.8) is 0 Å². The lowest BCUT2D eigenvalue weighted by atomic mass is 10.3. The topological polar surface area (TPSA) is 75.7 Å². The van der Waals surface area contributed by atoms with Crippen molar-refractivity contribution in [2.75, 3.05) is 11.6 Å². The third kappa shape index (κ3) is 4.25. The van der Waals surface area contributed by atoms with Crippen LogP contribution in [0.5, 0.6) is 0 Å². The van der Waals surface area contributed by atoms with E-state index < -0.39 is 18.3 Å². The van der Waals surface area contributed by atoms with E-state index in [1.807, 2.05) is 0 Å². The van der Waals surface area contributed by atoms with E-state index in [0.29, 0.717) is 12.1 Å². The average molecular weight is 250 g/mol. The smallest absolute Gasteiger partial charge is 0.315 e. The Kier molecular flexibility index (Phi) is 5.37. The first-order valence-corrected chi connectivity index (χ1v) is 5.42. The number of ether oxygens (including phenoxy) is 1. The van der Waals surface area contributed by atoms with Crippen LogP contribution in [-0.4, -0.2) is 24.9 Å². The first kappa shape index (κ1) is 13.7. The van der Waals surface area contributed by atoms with Crippen LogP contribution in [0.1, 0.15) is 13.3 Å². The lowest BCUT2D eigenvalue weighted by Gasteiger charge is -2.17. The molecule has 0 saturated carbocycles. The van der Waals surface area contributed by atoms with Crippen molar-refractivity contribution >= 4 is 24.0 Å². The zero-order valence-corrected chi connectivity index (χ0v) is 9.96. The van der Waals surface area contributed by atoms with Crippen LogP contribution in [0.15, 0.2) is 30.3 Å². The minimum absolute atomic E-state index is 0.211. The lowest BCUT2D eigenvalue weighted by molar-refractivity contribution is -0.146. The van der Waals surface area contributed by atoms with Crippen LogP contribution in [0.25, 0.3) is 0 Å². The van der Waals surface area contributed by atoms with E-state index in [0.717, 1.165) is 5.01 Å². The van der Waals surface area contributed by atoms with Crippen molar-refractivity contribution in [3.05, 3.63) is 30.3 Å². The fraction of sp³-hybridized carbons (Fsp3) is 0.250. The molecular formula is C12H14N2O4. The fourth-order valence-corrected chi connectivity index (χ4v) is 1.26. The Morgan fingerprint density at radius 2 is 2.00 bits per heavy atom. The number of hydrazine groups is 1. The molecule has 0 saturated heterocycles. The summed E-state index contributed by atoms with van der Waals surface area (Å²) in [6.45, 7) is 1.86. The molecule has 0 atom stereocenters. The molecule has 0 fully saturated rings. The van der Waals surface area contributed by atoms with Crippen LogP contribution in [0, 0.1) is 0 Å². The zero-order chi connectivity index (χ0) is 13.4. The highest BCUT2D eigenvalue weighted by atomic mass is 16.5. The van der Waals surface area contributed by atoms with E-state index in [2.05, 4.69) is 10.2 Å². The molecule has 2 amide bonds. The maximum Gasteiger partial charge on any atom is 0.315 e. The summed E-state index contributed by atoms with van der Waals surface area (Å²) in [5.41, 5.74) is 2.80. The predicted molar refractivity (Wildman–Crippen MR) is 64.4 cm³/mol. The second-order valence-corrected chi connectivity index (χ2v) is 3.33. The molecule has 96 valence electrons. The van der Waals surface area contributed by atoms with Gasteiger partial charge in [0.25, 0.3) is 0 Å². The maximum atomic E-state index is 11.5. The third-order valence-electron chi connectivity index (χ3n) is 2.00. The Hall–Kier alpha value is -2.37. The van der Waals surface area contributed by atoms with E-state index in [1.165, 1.54) is 0 Å². The molecule has 0 bridgehead atoms. The summed E-state index contributed by atoms with van der Waals surface area (Å²) >= 11 is 0. The molecule has 1 rings (SSSR count). The Bertz CT molecular complexity index is 419. The molecule has 1 N–H and O–H groups in total. The minimum Gasteiger partial charge on any atom is -0.466 e. The molecule has 0 aliphatic rings. The summed E-state index contributed by atoms with van der Waals surface area (Å²) in [6, 6.07) is 8.54. The fourth-order valence-electron chi connectivity index (χ4n) is 1.26. The summed E-state index contributed by atoms with van der Waals surface area (Å²) < 4.78 is 4.63. The van der Waals surface area contributed by atoms with Crippen LogP contribution >= 0.6 is 0 Å². The highest BCUT2D eigenvalue weighted by molar-refractivity contribution is 5.96. The van der Waals surface area contributed by atoms with Crippen molar-refractivity contribution in [1.82, 2.24) is 5.43 Å². The molecule has 0 spiro atoms. The number of esters is 1. The van der Waals surface area contributed by atoms with Gasteiger partial charge in [0.15, 0.2) is 0 Å². The van der Waals surface area contributed by atoms with Gasteiger partial charge in [-0.15, -0.1) is 0 Å². The van der Waals surface area contributed by atoms with E-state index >= 15 is 0 Å². The molecule has 1 aromatic carbocycles. The van der Waals surface area contributed by atoms with Gasteiger partial charge >= 0.3 is 5.97 Å². The molecule has 6 nitrogen and oxygen atoms in total. The lowest BCUT2D eigenvalue weighted by Crippen LogP contribution is -2.42. The van der Waals surface area contributed by atoms with Crippen molar-refractivity contribution in [1.29, 1.82) is 0 Å². The number of carbonyl (C=O) groups is 3. The Morgan fingerprint density at radius 1 is 1.33 bits per heavy atom. The number of nitrogens with zero attached hydrogens (tertiary/aromatic N) is 1. The summed E-state index contributed by atoms with van der Waals surface area (Å²) in [4.78, 5) is 33.4. The second kappa shape index (κ2) is 7.05. The molecule has 0 unspecified atom stereocenters. The molecule has 0 aliphatic heterocycles. The van der Waals surface area contributed by atoms with Crippen molar-refractivity contribution < 1.29 is 19.1 Å². The largest absolute Gasteiger partial charge is 0.466 e. The van der Waals surface area contributed by atoms with Crippen LogP contribution in [0.2, 0.25) is 0 Å². The molecule has 0 aliphatic carbocycles. The van der Waals surface area contributed by atoms with E-state index in [-0.39, 0.29) is 6.61 Å². The van der Waals surface area contributed by atoms with Gasteiger partial charge in [0.05, 0.1) is 12.3 Å². The van der Waals surface area contributed by atoms with E-state index in [9.17, 15) is 14.4 Å². The Labute approximate surface area is 104 Å². The van der Waals surface area contributed by atoms with Gasteiger partial charge in [-0.05, 0) is 19.1 Å². The highest BCUT2D eigenvalue weighted by Gasteiger charge is 2.13. The molecule has 0 heterocycles. The Balaban J connectivity index is 2.56. The zero-order valence-electron chi connectivity index (χ0n) is 9.96. The molecule has 0 radical (unpaired) electrons. The van der Waals surface area contributed by atoms with Gasteiger partial charge in [-0.25, -0.2) is 5.01 Å². The highest BCUT2D eigenvalue weighted by Crippen LogP contribution is 2.08. The summed E-state index contributed by atoms with van der Waals surface area (Å²) in [6.07, 6.45) is 0.0312. The number of benzene rings is 1. The number of nitrogens with one attached hydrogen (secondary N) is 1. The number of rotatable bonds is 6. The van der Waals surface area contributed by atoms with E-state index in [4.69, 9.17) is 0 Å². The van der Waals surface area contributed by atoms with E-state index in [1.54, 1.807) is 37.3 Å². The average Bonchev–Trinajstić information content (AvgIpc) is 2.37. The van der Waals surface area contributed by atoms with Crippen LogP contribution < -0.4 is 10.4 Å². The number of anilines is 1. The minimum atomic E-state index is -0.631. The molecule has 0 aromatic heterocycles. The maximum absolute atomic E-state index is 11.5. The molecule has 6 heteroatoms. The standard InChI is InChI=1S/C12H14N2O4/c1-2-18-12(17)8-11(16)13-14(9-15)10-6-4-3-5-7-10/h3-7,9H,2,8H2,1H3,(H,13,16). The van der Waals surface area contributed by atoms with Gasteiger partial charge in [0.2, 0.25) is 12.3 Å². The summed E-state index contributed by atoms with van der Waals surface area (Å²) in [5, 5.41) is 1.00. The second-order valence-electron chi connectivity index (χ2n) is 3.33. The molecule has 1 aromatic rings. The van der Waals surface area contributed by atoms with Gasteiger partial charge in [-0.3, -0.25) is 19.8 Å². The van der Waals surface area contributed by atoms with Crippen molar-refractivity contribution in [2.45, 2.75) is 13.3 Å². The van der Waals surface area contributed by atoms with Crippen LogP contribution in [0.3, 0.4) is 0 Å². The van der Waals surface area contributed by atoms with Gasteiger partial charge in [0.1, 0.15) is 6.42 Å². The number of carbonyl (C=O) groups excluding carboxylic acids is 3. The molecular weight excluding hydrogens is 236 g/mol. The van der Waals surface area contributed by atoms with Gasteiger partial charge in [-0.1, -0.05) is 18.2 Å². The first-order valence-electron chi connectivity index (χ1n) is 5.42. The summed E-state index contributed by atoms with van der Waals surface area (Å²) in [7, 11) is 0. The third-order valence-corrected chi connectivity index (χ3v) is 2.00. The normalized spacial score (nSPS) is 9.39. The van der Waals surface area contributed by atoms with Gasteiger partial charge in [0, 0.05) is 0 Å². The predicted octanol–water partition coefficient (Wildman–Crippen LogP) is 0.634. The quantitative estimate of drug-likeness (QED) is 0.348. The van der Waals surface area contributed by atoms with Crippen molar-refractivity contribution in [2.24, 2.45) is 0 Å².